The van der Waals surface area contributed by atoms with E-state index in [0.717, 1.165) is 12.8 Å². The van der Waals surface area contributed by atoms with Gasteiger partial charge in [0.25, 0.3) is 0 Å². The molecule has 3 heteroatoms. The Morgan fingerprint density at radius 3 is 2.09 bits per heavy atom. The Labute approximate surface area is 67.2 Å². The van der Waals surface area contributed by atoms with Crippen LogP contribution in [0.1, 0.15) is 32.1 Å². The van der Waals surface area contributed by atoms with Gasteiger partial charge in [-0.25, -0.2) is 0 Å². The predicted molar refractivity (Wildman–Crippen MR) is 42.8 cm³/mol. The summed E-state index contributed by atoms with van der Waals surface area (Å²) in [7, 11) is 0. The molecule has 1 saturated carbocycles. The second-order valence-corrected chi connectivity index (χ2v) is 3.39. The van der Waals surface area contributed by atoms with E-state index in [4.69, 9.17) is 15.9 Å². The highest BCUT2D eigenvalue weighted by atomic mass is 16.5. The Morgan fingerprint density at radius 1 is 1.09 bits per heavy atom. The highest BCUT2D eigenvalue weighted by molar-refractivity contribution is 4.77. The summed E-state index contributed by atoms with van der Waals surface area (Å²) < 4.78 is 0. The second-order valence-electron chi connectivity index (χ2n) is 3.39. The van der Waals surface area contributed by atoms with E-state index in [1.165, 1.54) is 19.3 Å². The van der Waals surface area contributed by atoms with E-state index in [1.54, 1.807) is 0 Å². The average Bonchev–Trinajstić information content (AvgIpc) is 2.05. The van der Waals surface area contributed by atoms with Gasteiger partial charge in [-0.2, -0.15) is 0 Å². The van der Waals surface area contributed by atoms with E-state index in [1.807, 2.05) is 0 Å². The first-order valence-electron chi connectivity index (χ1n) is 4.33. The molecule has 4 N–H and O–H groups in total. The highest BCUT2D eigenvalue weighted by Crippen LogP contribution is 2.26. The van der Waals surface area contributed by atoms with Gasteiger partial charge in [-0.15, -0.1) is 0 Å². The van der Waals surface area contributed by atoms with E-state index >= 15 is 0 Å². The third kappa shape index (κ3) is 2.43. The van der Waals surface area contributed by atoms with Crippen LogP contribution in [-0.4, -0.2) is 22.5 Å². The summed E-state index contributed by atoms with van der Waals surface area (Å²) in [6, 6.07) is -0.435. The Hall–Kier alpha value is -0.120. The SMILES string of the molecule is N[C@H](C(O)O)C1CCCCC1. The van der Waals surface area contributed by atoms with Crippen LogP contribution in [0.15, 0.2) is 0 Å². The molecule has 0 saturated heterocycles. The topological polar surface area (TPSA) is 66.5 Å². The Morgan fingerprint density at radius 2 is 1.64 bits per heavy atom. The molecule has 0 heterocycles. The van der Waals surface area contributed by atoms with E-state index in [-0.39, 0.29) is 0 Å². The lowest BCUT2D eigenvalue weighted by atomic mass is 9.84. The van der Waals surface area contributed by atoms with Crippen LogP contribution in [0.25, 0.3) is 0 Å². The van der Waals surface area contributed by atoms with Crippen molar-refractivity contribution in [2.24, 2.45) is 11.7 Å². The molecule has 0 aliphatic heterocycles. The Balaban J connectivity index is 2.32. The van der Waals surface area contributed by atoms with Crippen molar-refractivity contribution in [1.82, 2.24) is 0 Å². The maximum Gasteiger partial charge on any atom is 0.167 e. The number of hydrogen-bond donors (Lipinski definition) is 3. The normalized spacial score (nSPS) is 24.0. The monoisotopic (exact) mass is 159 g/mol. The van der Waals surface area contributed by atoms with Gasteiger partial charge in [-0.3, -0.25) is 0 Å². The molecule has 3 nitrogen and oxygen atoms in total. The first-order valence-corrected chi connectivity index (χ1v) is 4.33. The average molecular weight is 159 g/mol. The molecule has 0 aromatic carbocycles. The molecule has 0 spiro atoms. The molecule has 11 heavy (non-hydrogen) atoms. The van der Waals surface area contributed by atoms with Crippen molar-refractivity contribution in [2.75, 3.05) is 0 Å². The smallest absolute Gasteiger partial charge is 0.167 e. The summed E-state index contributed by atoms with van der Waals surface area (Å²) in [6.07, 6.45) is 4.41. The third-order valence-corrected chi connectivity index (χ3v) is 2.54. The molecule has 1 aliphatic carbocycles. The van der Waals surface area contributed by atoms with Crippen molar-refractivity contribution >= 4 is 0 Å². The maximum absolute atomic E-state index is 8.80. The minimum absolute atomic E-state index is 0.323. The Kier molecular flexibility index (Phi) is 3.30. The molecule has 0 radical (unpaired) electrons. The standard InChI is InChI=1S/C8H17NO2/c9-7(8(10)11)6-4-2-1-3-5-6/h6-8,10-11H,1-5,9H2/t7-/m0/s1. The fourth-order valence-corrected chi connectivity index (χ4v) is 1.76. The molecule has 1 fully saturated rings. The van der Waals surface area contributed by atoms with Gasteiger partial charge in [-0.1, -0.05) is 19.3 Å². The van der Waals surface area contributed by atoms with Crippen LogP contribution < -0.4 is 5.73 Å². The van der Waals surface area contributed by atoms with Crippen molar-refractivity contribution in [3.63, 3.8) is 0 Å². The van der Waals surface area contributed by atoms with Gasteiger partial charge in [0.1, 0.15) is 0 Å². The second kappa shape index (κ2) is 4.04. The highest BCUT2D eigenvalue weighted by Gasteiger charge is 2.24. The minimum Gasteiger partial charge on any atom is -0.367 e. The fraction of sp³-hybridized carbons (Fsp3) is 1.00. The van der Waals surface area contributed by atoms with Crippen LogP contribution in [0.2, 0.25) is 0 Å². The van der Waals surface area contributed by atoms with Gasteiger partial charge < -0.3 is 15.9 Å². The lowest BCUT2D eigenvalue weighted by Crippen LogP contribution is -2.41. The molecule has 1 rings (SSSR count). The number of aliphatic hydroxyl groups excluding tert-OH is 1. The molecule has 0 unspecified atom stereocenters. The number of aliphatic hydroxyl groups is 2. The lowest BCUT2D eigenvalue weighted by molar-refractivity contribution is -0.0740. The summed E-state index contributed by atoms with van der Waals surface area (Å²) in [5.74, 6) is 0.323. The van der Waals surface area contributed by atoms with E-state index in [9.17, 15) is 0 Å². The summed E-state index contributed by atoms with van der Waals surface area (Å²) >= 11 is 0. The molecular formula is C8H17NO2. The van der Waals surface area contributed by atoms with Gasteiger partial charge in [0, 0.05) is 0 Å². The molecule has 66 valence electrons. The summed E-state index contributed by atoms with van der Waals surface area (Å²) in [4.78, 5) is 0. The van der Waals surface area contributed by atoms with Crippen molar-refractivity contribution in [2.45, 2.75) is 44.4 Å². The zero-order chi connectivity index (χ0) is 8.27. The van der Waals surface area contributed by atoms with Crippen LogP contribution >= 0.6 is 0 Å². The van der Waals surface area contributed by atoms with Gasteiger partial charge in [0.05, 0.1) is 6.04 Å². The molecule has 1 aliphatic rings. The van der Waals surface area contributed by atoms with Crippen LogP contribution in [0, 0.1) is 5.92 Å². The molecule has 0 bridgehead atoms. The van der Waals surface area contributed by atoms with Crippen LogP contribution in [0.3, 0.4) is 0 Å². The third-order valence-electron chi connectivity index (χ3n) is 2.54. The lowest BCUT2D eigenvalue weighted by Gasteiger charge is -2.28. The number of nitrogens with two attached hydrogens (primary N) is 1. The summed E-state index contributed by atoms with van der Waals surface area (Å²) in [5.41, 5.74) is 5.59. The zero-order valence-electron chi connectivity index (χ0n) is 6.74. The van der Waals surface area contributed by atoms with Crippen molar-refractivity contribution in [3.05, 3.63) is 0 Å². The quantitative estimate of drug-likeness (QED) is 0.504. The van der Waals surface area contributed by atoms with Gasteiger partial charge in [-0.05, 0) is 18.8 Å². The molecule has 0 aromatic heterocycles. The minimum atomic E-state index is -1.34. The fourth-order valence-electron chi connectivity index (χ4n) is 1.76. The zero-order valence-corrected chi connectivity index (χ0v) is 6.74. The van der Waals surface area contributed by atoms with Crippen molar-refractivity contribution < 1.29 is 10.2 Å². The van der Waals surface area contributed by atoms with Crippen LogP contribution in [0.5, 0.6) is 0 Å². The molecule has 1 atom stereocenters. The predicted octanol–water partition coefficient (Wildman–Crippen LogP) is 0.205. The van der Waals surface area contributed by atoms with Crippen LogP contribution in [-0.2, 0) is 0 Å². The summed E-state index contributed by atoms with van der Waals surface area (Å²) in [5, 5.41) is 17.6. The van der Waals surface area contributed by atoms with Gasteiger partial charge >= 0.3 is 0 Å². The van der Waals surface area contributed by atoms with Crippen molar-refractivity contribution in [1.29, 1.82) is 0 Å². The van der Waals surface area contributed by atoms with Crippen molar-refractivity contribution in [3.8, 4) is 0 Å². The first-order chi connectivity index (χ1) is 5.22. The van der Waals surface area contributed by atoms with E-state index < -0.39 is 12.3 Å². The molecule has 0 aromatic rings. The van der Waals surface area contributed by atoms with Gasteiger partial charge in [0.2, 0.25) is 0 Å². The molecule has 0 amide bonds. The first kappa shape index (κ1) is 8.97. The molecular weight excluding hydrogens is 142 g/mol. The largest absolute Gasteiger partial charge is 0.367 e. The van der Waals surface area contributed by atoms with Gasteiger partial charge in [0.15, 0.2) is 6.29 Å². The Bertz CT molecular complexity index is 111. The van der Waals surface area contributed by atoms with E-state index in [2.05, 4.69) is 0 Å². The number of hydrogen-bond acceptors (Lipinski definition) is 3. The number of rotatable bonds is 2. The maximum atomic E-state index is 8.80. The van der Waals surface area contributed by atoms with Crippen LogP contribution in [0.4, 0.5) is 0 Å². The summed E-state index contributed by atoms with van der Waals surface area (Å²) in [6.45, 7) is 0. The van der Waals surface area contributed by atoms with E-state index in [0.29, 0.717) is 5.92 Å².